The number of amides is 2. The number of rotatable bonds is 8. The van der Waals surface area contributed by atoms with Crippen molar-refractivity contribution in [1.82, 2.24) is 10.2 Å². The number of carbonyl (C=O) groups excluding carboxylic acids is 1. The molecule has 1 aliphatic rings. The second kappa shape index (κ2) is 13.3. The number of para-hydroxylation sites is 1. The molecule has 0 atom stereocenters. The van der Waals surface area contributed by atoms with E-state index in [0.29, 0.717) is 5.75 Å². The summed E-state index contributed by atoms with van der Waals surface area (Å²) < 4.78 is 13.1. The lowest BCUT2D eigenvalue weighted by Crippen LogP contribution is -2.46. The predicted molar refractivity (Wildman–Crippen MR) is 171 cm³/mol. The third-order valence-electron chi connectivity index (χ3n) is 8.29. The molecule has 3 aromatic rings. The molecule has 1 fully saturated rings. The molecule has 2 amide bonds. The minimum absolute atomic E-state index is 0.142. The Morgan fingerprint density at radius 3 is 2.05 bits per heavy atom. The van der Waals surface area contributed by atoms with Gasteiger partial charge in [-0.1, -0.05) is 84.0 Å². The highest BCUT2D eigenvalue weighted by Gasteiger charge is 2.26. The molecule has 0 bridgehead atoms. The maximum atomic E-state index is 13.1. The van der Waals surface area contributed by atoms with Crippen LogP contribution in [-0.4, -0.2) is 41.7 Å². The average molecular weight is 574 g/mol. The Morgan fingerprint density at radius 2 is 1.45 bits per heavy atom. The van der Waals surface area contributed by atoms with Crippen molar-refractivity contribution in [2.45, 2.75) is 90.5 Å². The molecule has 5 nitrogen and oxygen atoms in total. The Bertz CT molecular complexity index is 1310. The number of urea groups is 1. The number of hydrogen-bond donors (Lipinski definition) is 3. The van der Waals surface area contributed by atoms with Gasteiger partial charge in [0.05, 0.1) is 0 Å². The van der Waals surface area contributed by atoms with Gasteiger partial charge in [-0.15, -0.1) is 0 Å². The van der Waals surface area contributed by atoms with Gasteiger partial charge in [-0.3, -0.25) is 0 Å². The zero-order valence-electron chi connectivity index (χ0n) is 26.2. The molecule has 0 aliphatic carbocycles. The van der Waals surface area contributed by atoms with Crippen molar-refractivity contribution in [2.75, 3.05) is 25.0 Å². The summed E-state index contributed by atoms with van der Waals surface area (Å²) in [7, 11) is 0. The fourth-order valence-electron chi connectivity index (χ4n) is 5.70. The molecule has 0 saturated carbocycles. The Kier molecular flexibility index (Phi) is 9.98. The van der Waals surface area contributed by atoms with Gasteiger partial charge in [-0.25, -0.2) is 9.18 Å². The van der Waals surface area contributed by atoms with Crippen LogP contribution in [0.4, 0.5) is 14.9 Å². The smallest absolute Gasteiger partial charge is 0.319 e. The second-order valence-corrected chi connectivity index (χ2v) is 13.8. The number of phenols is 1. The fourth-order valence-corrected chi connectivity index (χ4v) is 5.70. The highest BCUT2D eigenvalue weighted by Crippen LogP contribution is 2.40. The summed E-state index contributed by atoms with van der Waals surface area (Å²) in [6, 6.07) is 19.0. The van der Waals surface area contributed by atoms with E-state index in [4.69, 9.17) is 0 Å². The third kappa shape index (κ3) is 8.57. The number of benzene rings is 3. The van der Waals surface area contributed by atoms with Gasteiger partial charge in [0.15, 0.2) is 0 Å². The van der Waals surface area contributed by atoms with Crippen LogP contribution in [0.2, 0.25) is 0 Å². The van der Waals surface area contributed by atoms with Crippen LogP contribution in [0.3, 0.4) is 0 Å². The van der Waals surface area contributed by atoms with Gasteiger partial charge in [-0.05, 0) is 89.0 Å². The number of aryl methyl sites for hydroxylation is 2. The number of hydrogen-bond acceptors (Lipinski definition) is 3. The summed E-state index contributed by atoms with van der Waals surface area (Å²) in [6.45, 7) is 15.6. The quantitative estimate of drug-likeness (QED) is 0.258. The summed E-state index contributed by atoms with van der Waals surface area (Å²) in [5.74, 6) is 0.199. The van der Waals surface area contributed by atoms with Crippen LogP contribution in [0.5, 0.6) is 5.75 Å². The fraction of sp³-hybridized carbons (Fsp3) is 0.472. The first kappa shape index (κ1) is 31.6. The summed E-state index contributed by atoms with van der Waals surface area (Å²) in [4.78, 5) is 15.4. The van der Waals surface area contributed by atoms with Crippen molar-refractivity contribution < 1.29 is 14.3 Å². The van der Waals surface area contributed by atoms with Gasteiger partial charge in [0.2, 0.25) is 0 Å². The predicted octanol–water partition coefficient (Wildman–Crippen LogP) is 7.74. The SMILES string of the molecule is CC(C)(C)c1cc(CCc2ccccc2NC(=O)NC2CCN(CCc3ccc(F)cc3)CC2)cc(C(C)(C)C)c1O. The van der Waals surface area contributed by atoms with Crippen molar-refractivity contribution in [1.29, 1.82) is 0 Å². The van der Waals surface area contributed by atoms with Crippen LogP contribution < -0.4 is 10.6 Å². The van der Waals surface area contributed by atoms with E-state index in [0.717, 1.165) is 79.7 Å². The van der Waals surface area contributed by atoms with Crippen molar-refractivity contribution in [2.24, 2.45) is 0 Å². The first-order valence-electron chi connectivity index (χ1n) is 15.3. The van der Waals surface area contributed by atoms with Gasteiger partial charge in [0.25, 0.3) is 0 Å². The number of anilines is 1. The monoisotopic (exact) mass is 573 g/mol. The van der Waals surface area contributed by atoms with Crippen LogP contribution in [-0.2, 0) is 30.1 Å². The lowest BCUT2D eigenvalue weighted by atomic mass is 9.78. The zero-order valence-corrected chi connectivity index (χ0v) is 26.2. The molecular weight excluding hydrogens is 525 g/mol. The Morgan fingerprint density at radius 1 is 0.857 bits per heavy atom. The minimum Gasteiger partial charge on any atom is -0.507 e. The third-order valence-corrected chi connectivity index (χ3v) is 8.29. The van der Waals surface area contributed by atoms with E-state index in [1.807, 2.05) is 30.3 Å². The maximum Gasteiger partial charge on any atom is 0.319 e. The van der Waals surface area contributed by atoms with E-state index < -0.39 is 0 Å². The van der Waals surface area contributed by atoms with E-state index in [1.165, 1.54) is 17.7 Å². The second-order valence-electron chi connectivity index (χ2n) is 13.8. The number of nitrogens with zero attached hydrogens (tertiary/aromatic N) is 1. The van der Waals surface area contributed by atoms with Crippen LogP contribution >= 0.6 is 0 Å². The zero-order chi connectivity index (χ0) is 30.5. The maximum absolute atomic E-state index is 13.1. The Labute approximate surface area is 251 Å². The van der Waals surface area contributed by atoms with Gasteiger partial charge in [0.1, 0.15) is 11.6 Å². The highest BCUT2D eigenvalue weighted by atomic mass is 19.1. The van der Waals surface area contributed by atoms with Crippen LogP contribution in [0.15, 0.2) is 60.7 Å². The molecule has 1 aliphatic heterocycles. The molecule has 4 rings (SSSR count). The number of phenolic OH excluding ortho intramolecular Hbond substituents is 1. The minimum atomic E-state index is -0.201. The number of carbonyl (C=O) groups is 1. The molecule has 1 heterocycles. The molecule has 6 heteroatoms. The summed E-state index contributed by atoms with van der Waals surface area (Å²) in [6.07, 6.45) is 4.30. The first-order chi connectivity index (χ1) is 19.8. The van der Waals surface area contributed by atoms with E-state index in [2.05, 4.69) is 75.3 Å². The van der Waals surface area contributed by atoms with Crippen LogP contribution in [0, 0.1) is 5.82 Å². The Balaban J connectivity index is 1.32. The van der Waals surface area contributed by atoms with Gasteiger partial charge in [-0.2, -0.15) is 0 Å². The normalized spacial score (nSPS) is 15.0. The van der Waals surface area contributed by atoms with E-state index in [1.54, 1.807) is 0 Å². The van der Waals surface area contributed by atoms with Gasteiger partial charge >= 0.3 is 6.03 Å². The average Bonchev–Trinajstić information content (AvgIpc) is 2.92. The molecule has 1 saturated heterocycles. The molecule has 3 aromatic carbocycles. The molecule has 0 spiro atoms. The molecule has 0 radical (unpaired) electrons. The van der Waals surface area contributed by atoms with Gasteiger partial charge in [0, 0.05) is 31.4 Å². The van der Waals surface area contributed by atoms with Crippen molar-refractivity contribution in [3.05, 3.63) is 94.3 Å². The van der Waals surface area contributed by atoms with E-state index in [-0.39, 0.29) is 28.7 Å². The number of piperidine rings is 1. The van der Waals surface area contributed by atoms with Crippen LogP contribution in [0.1, 0.15) is 82.2 Å². The standard InChI is InChI=1S/C36H48FN3O2/c1-35(2,3)30-23-26(24-31(33(30)41)36(4,5)6)11-14-27-9-7-8-10-32(27)39-34(42)38-29-18-21-40(22-19-29)20-17-25-12-15-28(37)16-13-25/h7-10,12-13,15-16,23-24,29,41H,11,14,17-22H2,1-6H3,(H2,38,39,42). The number of likely N-dealkylation sites (tertiary alicyclic amines) is 1. The lowest BCUT2D eigenvalue weighted by Gasteiger charge is -2.32. The van der Waals surface area contributed by atoms with Crippen molar-refractivity contribution >= 4 is 11.7 Å². The largest absolute Gasteiger partial charge is 0.507 e. The van der Waals surface area contributed by atoms with Crippen LogP contribution in [0.25, 0.3) is 0 Å². The Hall–Kier alpha value is -3.38. The van der Waals surface area contributed by atoms with Gasteiger partial charge < -0.3 is 20.6 Å². The summed E-state index contributed by atoms with van der Waals surface area (Å²) in [5.41, 5.74) is 5.85. The number of nitrogens with one attached hydrogen (secondary N) is 2. The molecule has 0 aromatic heterocycles. The molecule has 0 unspecified atom stereocenters. The lowest BCUT2D eigenvalue weighted by molar-refractivity contribution is 0.197. The summed E-state index contributed by atoms with van der Waals surface area (Å²) >= 11 is 0. The van der Waals surface area contributed by atoms with E-state index >= 15 is 0 Å². The molecule has 3 N–H and O–H groups in total. The topological polar surface area (TPSA) is 64.6 Å². The van der Waals surface area contributed by atoms with Crippen molar-refractivity contribution in [3.63, 3.8) is 0 Å². The molecule has 42 heavy (non-hydrogen) atoms. The van der Waals surface area contributed by atoms with Crippen molar-refractivity contribution in [3.8, 4) is 5.75 Å². The molecule has 226 valence electrons. The summed E-state index contributed by atoms with van der Waals surface area (Å²) in [5, 5.41) is 17.4. The number of aromatic hydroxyl groups is 1. The van der Waals surface area contributed by atoms with E-state index in [9.17, 15) is 14.3 Å². The highest BCUT2D eigenvalue weighted by molar-refractivity contribution is 5.90. The first-order valence-corrected chi connectivity index (χ1v) is 15.3. The molecular formula is C36H48FN3O2. The number of halogens is 1.